The van der Waals surface area contributed by atoms with E-state index in [1.165, 1.54) is 10.4 Å². The number of carbonyl (C=O) groups is 3. The molecule has 0 aromatic carbocycles. The van der Waals surface area contributed by atoms with Gasteiger partial charge in [-0.3, -0.25) is 14.5 Å². The van der Waals surface area contributed by atoms with Gasteiger partial charge in [0.1, 0.15) is 12.1 Å². The summed E-state index contributed by atoms with van der Waals surface area (Å²) in [5, 5.41) is 4.95. The third-order valence-corrected chi connectivity index (χ3v) is 6.98. The van der Waals surface area contributed by atoms with Gasteiger partial charge in [-0.1, -0.05) is 19.8 Å². The zero-order valence-electron chi connectivity index (χ0n) is 14.4. The summed E-state index contributed by atoms with van der Waals surface area (Å²) in [6.45, 7) is 3.09. The number of imide groups is 1. The fourth-order valence-electron chi connectivity index (χ4n) is 4.34. The molecule has 1 saturated carbocycles. The highest BCUT2D eigenvalue weighted by molar-refractivity contribution is 7.10. The van der Waals surface area contributed by atoms with Gasteiger partial charge in [-0.05, 0) is 42.2 Å². The van der Waals surface area contributed by atoms with Gasteiger partial charge in [0.25, 0.3) is 5.91 Å². The van der Waals surface area contributed by atoms with Gasteiger partial charge in [0, 0.05) is 18.0 Å². The van der Waals surface area contributed by atoms with E-state index in [1.54, 1.807) is 16.2 Å². The van der Waals surface area contributed by atoms with Crippen LogP contribution >= 0.6 is 11.3 Å². The number of rotatable bonds is 2. The van der Waals surface area contributed by atoms with Crippen LogP contribution in [-0.2, 0) is 22.6 Å². The van der Waals surface area contributed by atoms with Crippen molar-refractivity contribution in [2.45, 2.75) is 51.1 Å². The second-order valence-corrected chi connectivity index (χ2v) is 8.37. The van der Waals surface area contributed by atoms with Gasteiger partial charge in [-0.15, -0.1) is 11.3 Å². The molecule has 1 aromatic heterocycles. The molecule has 2 atom stereocenters. The number of carbonyl (C=O) groups excluding carboxylic acids is 3. The van der Waals surface area contributed by atoms with Gasteiger partial charge in [-0.2, -0.15) is 0 Å². The van der Waals surface area contributed by atoms with Crippen molar-refractivity contribution in [3.05, 3.63) is 21.9 Å². The summed E-state index contributed by atoms with van der Waals surface area (Å²) in [5.41, 5.74) is 0.386. The molecule has 4 rings (SSSR count). The molecule has 0 unspecified atom stereocenters. The van der Waals surface area contributed by atoms with Crippen LogP contribution in [0.4, 0.5) is 4.79 Å². The molecule has 1 aliphatic carbocycles. The maximum Gasteiger partial charge on any atom is 0.325 e. The lowest BCUT2D eigenvalue weighted by molar-refractivity contribution is -0.141. The molecule has 4 amide bonds. The molecule has 3 heterocycles. The topological polar surface area (TPSA) is 69.7 Å². The van der Waals surface area contributed by atoms with Gasteiger partial charge in [-0.25, -0.2) is 4.79 Å². The Kier molecular flexibility index (Phi) is 4.06. The third-order valence-electron chi connectivity index (χ3n) is 5.96. The van der Waals surface area contributed by atoms with E-state index < -0.39 is 11.6 Å². The summed E-state index contributed by atoms with van der Waals surface area (Å²) in [6.07, 6.45) is 4.47. The Labute approximate surface area is 151 Å². The second-order valence-electron chi connectivity index (χ2n) is 7.37. The Morgan fingerprint density at radius 3 is 3.04 bits per heavy atom. The van der Waals surface area contributed by atoms with E-state index in [-0.39, 0.29) is 24.3 Å². The van der Waals surface area contributed by atoms with E-state index in [0.29, 0.717) is 19.5 Å². The average molecular weight is 361 g/mol. The Morgan fingerprint density at radius 1 is 1.40 bits per heavy atom. The maximum absolute atomic E-state index is 13.0. The lowest BCUT2D eigenvalue weighted by Gasteiger charge is -2.37. The molecule has 0 bridgehead atoms. The van der Waals surface area contributed by atoms with Crippen LogP contribution in [0.2, 0.25) is 0 Å². The monoisotopic (exact) mass is 361 g/mol. The Balaban J connectivity index is 1.46. The number of nitrogens with zero attached hydrogens (tertiary/aromatic N) is 2. The Morgan fingerprint density at radius 2 is 2.24 bits per heavy atom. The lowest BCUT2D eigenvalue weighted by Crippen LogP contribution is -2.54. The molecule has 1 aromatic rings. The number of thiophene rings is 1. The largest absolute Gasteiger partial charge is 0.336 e. The molecule has 7 heteroatoms. The van der Waals surface area contributed by atoms with Crippen LogP contribution in [0.5, 0.6) is 0 Å². The third kappa shape index (κ3) is 2.65. The minimum atomic E-state index is -0.794. The molecule has 134 valence electrons. The average Bonchev–Trinajstić information content (AvgIpc) is 3.16. The molecule has 0 radical (unpaired) electrons. The van der Waals surface area contributed by atoms with Crippen molar-refractivity contribution < 1.29 is 14.4 Å². The number of fused-ring (bicyclic) bond motifs is 1. The highest BCUT2D eigenvalue weighted by Crippen LogP contribution is 2.38. The summed E-state index contributed by atoms with van der Waals surface area (Å²) >= 11 is 1.72. The highest BCUT2D eigenvalue weighted by Gasteiger charge is 2.55. The number of hydrogen-bond acceptors (Lipinski definition) is 4. The smallest absolute Gasteiger partial charge is 0.325 e. The summed E-state index contributed by atoms with van der Waals surface area (Å²) in [7, 11) is 0. The van der Waals surface area contributed by atoms with Crippen LogP contribution in [0.25, 0.3) is 0 Å². The summed E-state index contributed by atoms with van der Waals surface area (Å²) in [5.74, 6) is -0.256. The van der Waals surface area contributed by atoms with Crippen molar-refractivity contribution in [2.24, 2.45) is 5.92 Å². The van der Waals surface area contributed by atoms with Crippen molar-refractivity contribution >= 4 is 29.2 Å². The number of urea groups is 1. The molecule has 1 spiro atoms. The van der Waals surface area contributed by atoms with E-state index in [1.807, 2.05) is 18.4 Å². The summed E-state index contributed by atoms with van der Waals surface area (Å²) < 4.78 is 0. The van der Waals surface area contributed by atoms with Crippen LogP contribution in [0, 0.1) is 5.92 Å². The Hall–Kier alpha value is -1.89. The molecule has 2 aliphatic heterocycles. The summed E-state index contributed by atoms with van der Waals surface area (Å²) in [6, 6.07) is 1.63. The van der Waals surface area contributed by atoms with Crippen molar-refractivity contribution in [1.82, 2.24) is 15.1 Å². The van der Waals surface area contributed by atoms with Gasteiger partial charge in [0.15, 0.2) is 0 Å². The first-order valence-electron chi connectivity index (χ1n) is 8.98. The Bertz CT molecular complexity index is 731. The van der Waals surface area contributed by atoms with Crippen LogP contribution in [-0.4, -0.2) is 46.3 Å². The maximum atomic E-state index is 13.0. The molecule has 6 nitrogen and oxygen atoms in total. The van der Waals surface area contributed by atoms with Crippen LogP contribution < -0.4 is 5.32 Å². The molecule has 1 N–H and O–H groups in total. The molecule has 1 saturated heterocycles. The van der Waals surface area contributed by atoms with Crippen molar-refractivity contribution in [1.29, 1.82) is 0 Å². The zero-order valence-corrected chi connectivity index (χ0v) is 15.2. The quantitative estimate of drug-likeness (QED) is 0.821. The van der Waals surface area contributed by atoms with Crippen molar-refractivity contribution in [3.8, 4) is 0 Å². The van der Waals surface area contributed by atoms with E-state index in [4.69, 9.17) is 0 Å². The van der Waals surface area contributed by atoms with E-state index in [9.17, 15) is 14.4 Å². The standard InChI is InChI=1S/C18H23N3O3S/c1-12-4-2-3-7-18(12)16(23)21(17(24)19-18)11-15(22)20-8-5-14-13(10-20)6-9-25-14/h6,9,12H,2-5,7-8,10-11H2,1H3,(H,19,24)/t12-,18+/m1/s1. The fourth-order valence-corrected chi connectivity index (χ4v) is 5.23. The van der Waals surface area contributed by atoms with E-state index in [0.717, 1.165) is 30.6 Å². The first kappa shape index (κ1) is 16.6. The van der Waals surface area contributed by atoms with Gasteiger partial charge >= 0.3 is 6.03 Å². The predicted molar refractivity (Wildman–Crippen MR) is 94.0 cm³/mol. The number of hydrogen-bond donors (Lipinski definition) is 1. The lowest BCUT2D eigenvalue weighted by atomic mass is 9.73. The zero-order chi connectivity index (χ0) is 17.6. The molecular formula is C18H23N3O3S. The number of nitrogens with one attached hydrogen (secondary N) is 1. The second kappa shape index (κ2) is 6.12. The fraction of sp³-hybridized carbons (Fsp3) is 0.611. The van der Waals surface area contributed by atoms with E-state index in [2.05, 4.69) is 5.32 Å². The minimum Gasteiger partial charge on any atom is -0.336 e. The molecule has 2 fully saturated rings. The van der Waals surface area contributed by atoms with Gasteiger partial charge in [0.2, 0.25) is 5.91 Å². The van der Waals surface area contributed by atoms with Gasteiger partial charge < -0.3 is 10.2 Å². The predicted octanol–water partition coefficient (Wildman–Crippen LogP) is 2.13. The normalized spacial score (nSPS) is 29.1. The number of amides is 4. The minimum absolute atomic E-state index is 0.112. The highest BCUT2D eigenvalue weighted by atomic mass is 32.1. The molecular weight excluding hydrogens is 338 g/mol. The molecule has 25 heavy (non-hydrogen) atoms. The molecule has 3 aliphatic rings. The summed E-state index contributed by atoms with van der Waals surface area (Å²) in [4.78, 5) is 42.3. The van der Waals surface area contributed by atoms with Gasteiger partial charge in [0.05, 0.1) is 0 Å². The van der Waals surface area contributed by atoms with Crippen molar-refractivity contribution in [3.63, 3.8) is 0 Å². The van der Waals surface area contributed by atoms with Crippen molar-refractivity contribution in [2.75, 3.05) is 13.1 Å². The SMILES string of the molecule is C[C@@H]1CCCC[C@]12NC(=O)N(CC(=O)N1CCc3sccc3C1)C2=O. The van der Waals surface area contributed by atoms with Crippen LogP contribution in [0.15, 0.2) is 11.4 Å². The van der Waals surface area contributed by atoms with Crippen LogP contribution in [0.1, 0.15) is 43.0 Å². The van der Waals surface area contributed by atoms with Crippen LogP contribution in [0.3, 0.4) is 0 Å². The van der Waals surface area contributed by atoms with E-state index >= 15 is 0 Å². The first-order chi connectivity index (χ1) is 12.0. The first-order valence-corrected chi connectivity index (χ1v) is 9.86.